The third-order valence-corrected chi connectivity index (χ3v) is 6.33. The fourth-order valence-electron chi connectivity index (χ4n) is 4.04. The molecule has 2 aromatic rings. The van der Waals surface area contributed by atoms with Crippen molar-refractivity contribution in [3.05, 3.63) is 71.3 Å². The molecule has 0 amide bonds. The Balaban J connectivity index is 2.23. The molecule has 0 saturated carbocycles. The van der Waals surface area contributed by atoms with Gasteiger partial charge in [0.25, 0.3) is 0 Å². The molecule has 0 heterocycles. The summed E-state index contributed by atoms with van der Waals surface area (Å²) in [6.07, 6.45) is 1.15. The lowest BCUT2D eigenvalue weighted by atomic mass is 9.83. The van der Waals surface area contributed by atoms with Crippen molar-refractivity contribution in [1.82, 2.24) is 0 Å². The second-order valence-electron chi connectivity index (χ2n) is 13.4. The summed E-state index contributed by atoms with van der Waals surface area (Å²) in [5, 5.41) is 0. The van der Waals surface area contributed by atoms with Crippen LogP contribution in [0.5, 0.6) is 0 Å². The number of benzene rings is 2. The Hall–Kier alpha value is -1.80. The fraction of sp³-hybridized carbons (Fsp3) is 0.636. The second-order valence-corrected chi connectivity index (χ2v) is 13.4. The summed E-state index contributed by atoms with van der Waals surface area (Å²) in [5.41, 5.74) is 1.06. The van der Waals surface area contributed by atoms with E-state index in [1.807, 2.05) is 119 Å². The van der Waals surface area contributed by atoms with Crippen LogP contribution in [0.15, 0.2) is 54.6 Å². The third-order valence-electron chi connectivity index (χ3n) is 6.33. The molecule has 0 aliphatic rings. The Bertz CT molecular complexity index is 987. The van der Waals surface area contributed by atoms with Crippen LogP contribution in [0.2, 0.25) is 0 Å². The molecule has 0 aliphatic heterocycles. The van der Waals surface area contributed by atoms with Gasteiger partial charge < -0.3 is 0 Å². The Kier molecular flexibility index (Phi) is 11.7. The van der Waals surface area contributed by atoms with Crippen LogP contribution >= 0.6 is 0 Å². The minimum Gasteiger partial charge on any atom is -0.233 e. The molecule has 0 bridgehead atoms. The van der Waals surface area contributed by atoms with E-state index in [0.717, 1.165) is 29.5 Å². The highest BCUT2D eigenvalue weighted by Gasteiger charge is 2.34. The summed E-state index contributed by atoms with van der Waals surface area (Å²) < 4.78 is 0. The van der Waals surface area contributed by atoms with Gasteiger partial charge in [-0.05, 0) is 106 Å². The maximum absolute atomic E-state index is 6.17. The molecule has 39 heavy (non-hydrogen) atoms. The standard InChI is InChI=1S/C33H52O6/c1-24(34-36-30(3,4)5)22-23-29(35-37-31(6,7)8)25(2)27-20-16-17-21-28(27)33(11,12)39-38-32(9,10)26-18-14-13-15-19-26/h13-21,24-25,29H,22-23H2,1-12H3. The summed E-state index contributed by atoms with van der Waals surface area (Å²) in [7, 11) is 0. The quantitative estimate of drug-likeness (QED) is 0.175. The van der Waals surface area contributed by atoms with Crippen LogP contribution in [0.3, 0.4) is 0 Å². The molecule has 220 valence electrons. The molecule has 0 saturated heterocycles. The average molecular weight is 545 g/mol. The lowest BCUT2D eigenvalue weighted by Gasteiger charge is -2.34. The molecular formula is C33H52O6. The largest absolute Gasteiger partial charge is 0.233 e. The molecular weight excluding hydrogens is 492 g/mol. The molecule has 0 radical (unpaired) electrons. The molecule has 0 spiro atoms. The van der Waals surface area contributed by atoms with Gasteiger partial charge in [-0.2, -0.15) is 0 Å². The van der Waals surface area contributed by atoms with E-state index in [1.54, 1.807) is 0 Å². The SMILES string of the molecule is CC(CCC(OOC(C)(C)C)C(C)c1ccccc1C(C)(C)OOC(C)(C)c1ccccc1)OOC(C)(C)C. The average Bonchev–Trinajstić information content (AvgIpc) is 2.85. The predicted octanol–water partition coefficient (Wildman–Crippen LogP) is 8.94. The van der Waals surface area contributed by atoms with E-state index in [0.29, 0.717) is 0 Å². The van der Waals surface area contributed by atoms with Crippen LogP contribution < -0.4 is 0 Å². The van der Waals surface area contributed by atoms with E-state index in [2.05, 4.69) is 19.1 Å². The number of hydrogen-bond donors (Lipinski definition) is 0. The maximum Gasteiger partial charge on any atom is 0.123 e. The summed E-state index contributed by atoms with van der Waals surface area (Å²) >= 11 is 0. The molecule has 3 unspecified atom stereocenters. The number of rotatable bonds is 14. The van der Waals surface area contributed by atoms with Gasteiger partial charge in [0.1, 0.15) is 11.2 Å². The van der Waals surface area contributed by atoms with Crippen LogP contribution in [-0.2, 0) is 40.5 Å². The van der Waals surface area contributed by atoms with E-state index in [4.69, 9.17) is 29.3 Å². The first kappa shape index (κ1) is 33.4. The first-order valence-corrected chi connectivity index (χ1v) is 14.1. The minimum atomic E-state index is -0.719. The van der Waals surface area contributed by atoms with E-state index < -0.39 is 16.8 Å². The topological polar surface area (TPSA) is 55.4 Å². The summed E-state index contributed by atoms with van der Waals surface area (Å²) in [4.78, 5) is 35.3. The highest BCUT2D eigenvalue weighted by molar-refractivity contribution is 5.35. The molecule has 2 rings (SSSR count). The summed E-state index contributed by atoms with van der Waals surface area (Å²) in [6.45, 7) is 24.1. The normalized spacial score (nSPS) is 15.7. The van der Waals surface area contributed by atoms with Gasteiger partial charge >= 0.3 is 0 Å². The van der Waals surface area contributed by atoms with Crippen molar-refractivity contribution in [3.63, 3.8) is 0 Å². The lowest BCUT2D eigenvalue weighted by molar-refractivity contribution is -0.410. The summed E-state index contributed by atoms with van der Waals surface area (Å²) in [5.74, 6) is 0.00398. The van der Waals surface area contributed by atoms with Crippen LogP contribution in [-0.4, -0.2) is 23.4 Å². The monoisotopic (exact) mass is 544 g/mol. The first-order valence-electron chi connectivity index (χ1n) is 14.1. The Morgan fingerprint density at radius 2 is 1.08 bits per heavy atom. The zero-order chi connectivity index (χ0) is 29.5. The van der Waals surface area contributed by atoms with E-state index in [9.17, 15) is 0 Å². The van der Waals surface area contributed by atoms with E-state index >= 15 is 0 Å². The highest BCUT2D eigenvalue weighted by atomic mass is 17.2. The van der Waals surface area contributed by atoms with Crippen LogP contribution in [0.4, 0.5) is 0 Å². The van der Waals surface area contributed by atoms with Gasteiger partial charge in [0.05, 0.1) is 23.4 Å². The molecule has 0 aromatic heterocycles. The molecule has 0 aliphatic carbocycles. The van der Waals surface area contributed by atoms with Crippen molar-refractivity contribution in [2.45, 2.75) is 136 Å². The van der Waals surface area contributed by atoms with Crippen LogP contribution in [0.25, 0.3) is 0 Å². The van der Waals surface area contributed by atoms with Crippen molar-refractivity contribution in [3.8, 4) is 0 Å². The Labute approximate surface area is 237 Å². The van der Waals surface area contributed by atoms with Gasteiger partial charge in [0.2, 0.25) is 0 Å². The first-order chi connectivity index (χ1) is 17.9. The number of hydrogen-bond acceptors (Lipinski definition) is 6. The van der Waals surface area contributed by atoms with Crippen molar-refractivity contribution >= 4 is 0 Å². The van der Waals surface area contributed by atoms with Gasteiger partial charge in [0, 0.05) is 5.92 Å². The fourth-order valence-corrected chi connectivity index (χ4v) is 4.04. The zero-order valence-corrected chi connectivity index (χ0v) is 26.3. The molecule has 0 N–H and O–H groups in total. The summed E-state index contributed by atoms with van der Waals surface area (Å²) in [6, 6.07) is 18.4. The molecule has 6 nitrogen and oxygen atoms in total. The second kappa shape index (κ2) is 13.7. The molecule has 3 atom stereocenters. The van der Waals surface area contributed by atoms with Gasteiger partial charge in [-0.3, -0.25) is 0 Å². The minimum absolute atomic E-state index is 0.00398. The van der Waals surface area contributed by atoms with Gasteiger partial charge in [0.15, 0.2) is 0 Å². The van der Waals surface area contributed by atoms with Crippen molar-refractivity contribution in [2.24, 2.45) is 0 Å². The lowest BCUT2D eigenvalue weighted by Crippen LogP contribution is -2.32. The molecule has 2 aromatic carbocycles. The Morgan fingerprint density at radius 1 is 0.564 bits per heavy atom. The third kappa shape index (κ3) is 11.3. The maximum atomic E-state index is 6.17. The van der Waals surface area contributed by atoms with Gasteiger partial charge in [-0.25, -0.2) is 29.3 Å². The molecule has 6 heteroatoms. The van der Waals surface area contributed by atoms with Crippen molar-refractivity contribution in [2.75, 3.05) is 0 Å². The zero-order valence-electron chi connectivity index (χ0n) is 26.3. The Morgan fingerprint density at radius 3 is 1.67 bits per heavy atom. The van der Waals surface area contributed by atoms with Gasteiger partial charge in [-0.15, -0.1) is 0 Å². The highest BCUT2D eigenvalue weighted by Crippen LogP contribution is 2.37. The van der Waals surface area contributed by atoms with Gasteiger partial charge in [-0.1, -0.05) is 61.5 Å². The van der Waals surface area contributed by atoms with Crippen molar-refractivity contribution < 1.29 is 29.3 Å². The van der Waals surface area contributed by atoms with Crippen molar-refractivity contribution in [1.29, 1.82) is 0 Å². The van der Waals surface area contributed by atoms with E-state index in [1.165, 1.54) is 0 Å². The molecule has 0 fully saturated rings. The smallest absolute Gasteiger partial charge is 0.123 e. The predicted molar refractivity (Wildman–Crippen MR) is 156 cm³/mol. The van der Waals surface area contributed by atoms with E-state index in [-0.39, 0.29) is 23.7 Å². The van der Waals surface area contributed by atoms with Crippen LogP contribution in [0.1, 0.15) is 119 Å². The van der Waals surface area contributed by atoms with Crippen LogP contribution in [0, 0.1) is 0 Å².